The Hall–Kier alpha value is -2.00. The van der Waals surface area contributed by atoms with Crippen molar-refractivity contribution in [2.24, 2.45) is 0 Å². The van der Waals surface area contributed by atoms with Crippen LogP contribution in [0.1, 0.15) is 18.4 Å². The van der Waals surface area contributed by atoms with Crippen LogP contribution in [0.5, 0.6) is 5.75 Å². The van der Waals surface area contributed by atoms with Gasteiger partial charge in [-0.05, 0) is 42.7 Å². The summed E-state index contributed by atoms with van der Waals surface area (Å²) in [7, 11) is 1.70. The van der Waals surface area contributed by atoms with Crippen molar-refractivity contribution >= 4 is 5.69 Å². The third-order valence-electron chi connectivity index (χ3n) is 4.37. The number of benzene rings is 2. The van der Waals surface area contributed by atoms with E-state index in [2.05, 4.69) is 52.7 Å². The van der Waals surface area contributed by atoms with Crippen LogP contribution in [-0.2, 0) is 6.54 Å². The molecule has 1 aliphatic heterocycles. The lowest BCUT2D eigenvalue weighted by Gasteiger charge is -2.34. The minimum absolute atomic E-state index is 0.613. The first-order valence-electron chi connectivity index (χ1n) is 8.01. The summed E-state index contributed by atoms with van der Waals surface area (Å²) in [6.07, 6.45) is 2.40. The van der Waals surface area contributed by atoms with Gasteiger partial charge in [0.2, 0.25) is 0 Å². The molecular weight excluding hydrogens is 272 g/mol. The van der Waals surface area contributed by atoms with E-state index in [1.807, 2.05) is 12.1 Å². The van der Waals surface area contributed by atoms with Crippen LogP contribution < -0.4 is 15.0 Å². The molecule has 0 saturated carbocycles. The van der Waals surface area contributed by atoms with Crippen LogP contribution in [0.15, 0.2) is 54.6 Å². The van der Waals surface area contributed by atoms with Crippen molar-refractivity contribution in [3.63, 3.8) is 0 Å². The zero-order chi connectivity index (χ0) is 15.2. The lowest BCUT2D eigenvalue weighted by Crippen LogP contribution is -2.42. The number of nitrogens with zero attached hydrogens (tertiary/aromatic N) is 1. The van der Waals surface area contributed by atoms with Gasteiger partial charge in [-0.25, -0.2) is 0 Å². The number of anilines is 1. The number of rotatable bonds is 5. The van der Waals surface area contributed by atoms with Crippen molar-refractivity contribution in [1.82, 2.24) is 5.32 Å². The molecule has 1 fully saturated rings. The Balaban J connectivity index is 1.45. The van der Waals surface area contributed by atoms with E-state index >= 15 is 0 Å². The second-order valence-electron chi connectivity index (χ2n) is 5.83. The van der Waals surface area contributed by atoms with Crippen LogP contribution in [0, 0.1) is 0 Å². The predicted octanol–water partition coefficient (Wildman–Crippen LogP) is 3.45. The van der Waals surface area contributed by atoms with Gasteiger partial charge in [0, 0.05) is 31.4 Å². The van der Waals surface area contributed by atoms with Gasteiger partial charge in [0.15, 0.2) is 0 Å². The normalized spacial score (nSPS) is 15.8. The lowest BCUT2D eigenvalue weighted by molar-refractivity contribution is 0.410. The maximum atomic E-state index is 5.19. The van der Waals surface area contributed by atoms with Crippen LogP contribution in [-0.4, -0.2) is 26.2 Å². The van der Waals surface area contributed by atoms with Crippen LogP contribution in [0.4, 0.5) is 5.69 Å². The summed E-state index contributed by atoms with van der Waals surface area (Å²) in [5, 5.41) is 3.68. The SMILES string of the molecule is COc1ccc(CNC2CCN(c3ccccc3)CC2)cc1. The van der Waals surface area contributed by atoms with Crippen molar-refractivity contribution in [3.05, 3.63) is 60.2 Å². The largest absolute Gasteiger partial charge is 0.497 e. The van der Waals surface area contributed by atoms with Gasteiger partial charge in [0.05, 0.1) is 7.11 Å². The van der Waals surface area contributed by atoms with E-state index in [-0.39, 0.29) is 0 Å². The Morgan fingerprint density at radius 3 is 2.32 bits per heavy atom. The summed E-state index contributed by atoms with van der Waals surface area (Å²) < 4.78 is 5.19. The molecule has 116 valence electrons. The van der Waals surface area contributed by atoms with Crippen molar-refractivity contribution < 1.29 is 4.74 Å². The fourth-order valence-electron chi connectivity index (χ4n) is 2.99. The van der Waals surface area contributed by atoms with Gasteiger partial charge in [0.25, 0.3) is 0 Å². The third kappa shape index (κ3) is 3.80. The topological polar surface area (TPSA) is 24.5 Å². The molecule has 0 aliphatic carbocycles. The second kappa shape index (κ2) is 7.32. The summed E-state index contributed by atoms with van der Waals surface area (Å²) in [6, 6.07) is 19.6. The molecule has 0 unspecified atom stereocenters. The molecule has 1 heterocycles. The molecule has 1 aliphatic rings. The molecular formula is C19H24N2O. The quantitative estimate of drug-likeness (QED) is 0.914. The Kier molecular flexibility index (Phi) is 4.96. The van der Waals surface area contributed by atoms with E-state index in [1.165, 1.54) is 24.1 Å². The molecule has 0 spiro atoms. The van der Waals surface area contributed by atoms with Crippen molar-refractivity contribution in [2.75, 3.05) is 25.1 Å². The average molecular weight is 296 g/mol. The third-order valence-corrected chi connectivity index (χ3v) is 4.37. The number of hydrogen-bond acceptors (Lipinski definition) is 3. The van der Waals surface area contributed by atoms with Crippen LogP contribution in [0.2, 0.25) is 0 Å². The first kappa shape index (κ1) is 14.9. The van der Waals surface area contributed by atoms with Gasteiger partial charge < -0.3 is 15.0 Å². The van der Waals surface area contributed by atoms with Crippen LogP contribution >= 0.6 is 0 Å². The van der Waals surface area contributed by atoms with E-state index < -0.39 is 0 Å². The fourth-order valence-corrected chi connectivity index (χ4v) is 2.99. The maximum absolute atomic E-state index is 5.19. The fraction of sp³-hybridized carbons (Fsp3) is 0.368. The monoisotopic (exact) mass is 296 g/mol. The van der Waals surface area contributed by atoms with Crippen molar-refractivity contribution in [3.8, 4) is 5.75 Å². The second-order valence-corrected chi connectivity index (χ2v) is 5.83. The minimum atomic E-state index is 0.613. The lowest BCUT2D eigenvalue weighted by atomic mass is 10.0. The number of nitrogens with one attached hydrogen (secondary N) is 1. The van der Waals surface area contributed by atoms with Gasteiger partial charge in [-0.3, -0.25) is 0 Å². The molecule has 0 aromatic heterocycles. The molecule has 2 aromatic carbocycles. The van der Waals surface area contributed by atoms with E-state index in [0.29, 0.717) is 6.04 Å². The van der Waals surface area contributed by atoms with Gasteiger partial charge in [-0.15, -0.1) is 0 Å². The van der Waals surface area contributed by atoms with Crippen LogP contribution in [0.3, 0.4) is 0 Å². The van der Waals surface area contributed by atoms with E-state index in [1.54, 1.807) is 7.11 Å². The predicted molar refractivity (Wildman–Crippen MR) is 91.5 cm³/mol. The van der Waals surface area contributed by atoms with E-state index in [9.17, 15) is 0 Å². The molecule has 2 aromatic rings. The molecule has 3 heteroatoms. The average Bonchev–Trinajstić information content (AvgIpc) is 2.61. The Bertz CT molecular complexity index is 560. The smallest absolute Gasteiger partial charge is 0.118 e. The molecule has 0 bridgehead atoms. The van der Waals surface area contributed by atoms with Gasteiger partial charge in [-0.1, -0.05) is 30.3 Å². The minimum Gasteiger partial charge on any atom is -0.497 e. The Morgan fingerprint density at radius 2 is 1.68 bits per heavy atom. The number of para-hydroxylation sites is 1. The number of hydrogen-bond donors (Lipinski definition) is 1. The van der Waals surface area contributed by atoms with E-state index in [0.717, 1.165) is 25.4 Å². The van der Waals surface area contributed by atoms with E-state index in [4.69, 9.17) is 4.74 Å². The summed E-state index contributed by atoms with van der Waals surface area (Å²) in [4.78, 5) is 2.48. The van der Waals surface area contributed by atoms with Crippen molar-refractivity contribution in [2.45, 2.75) is 25.4 Å². The highest BCUT2D eigenvalue weighted by atomic mass is 16.5. The summed E-state index contributed by atoms with van der Waals surface area (Å²) in [5.74, 6) is 0.917. The molecule has 1 N–H and O–H groups in total. The van der Waals surface area contributed by atoms with Gasteiger partial charge in [-0.2, -0.15) is 0 Å². The number of ether oxygens (including phenoxy) is 1. The summed E-state index contributed by atoms with van der Waals surface area (Å²) in [5.41, 5.74) is 2.65. The zero-order valence-corrected chi connectivity index (χ0v) is 13.2. The first-order chi connectivity index (χ1) is 10.8. The standard InChI is InChI=1S/C19H24N2O/c1-22-19-9-7-16(8-10-19)15-20-17-11-13-21(14-12-17)18-5-3-2-4-6-18/h2-10,17,20H,11-15H2,1H3. The molecule has 0 atom stereocenters. The number of methoxy groups -OCH3 is 1. The molecule has 3 rings (SSSR count). The molecule has 0 amide bonds. The first-order valence-corrected chi connectivity index (χ1v) is 8.01. The van der Waals surface area contributed by atoms with Gasteiger partial charge >= 0.3 is 0 Å². The summed E-state index contributed by atoms with van der Waals surface area (Å²) >= 11 is 0. The zero-order valence-electron chi connectivity index (χ0n) is 13.2. The maximum Gasteiger partial charge on any atom is 0.118 e. The van der Waals surface area contributed by atoms with Crippen molar-refractivity contribution in [1.29, 1.82) is 0 Å². The summed E-state index contributed by atoms with van der Waals surface area (Å²) in [6.45, 7) is 3.19. The molecule has 22 heavy (non-hydrogen) atoms. The Labute approximate surface area is 132 Å². The molecule has 1 saturated heterocycles. The highest BCUT2D eigenvalue weighted by Gasteiger charge is 2.18. The number of piperidine rings is 1. The molecule has 0 radical (unpaired) electrons. The highest BCUT2D eigenvalue weighted by Crippen LogP contribution is 2.20. The molecule has 3 nitrogen and oxygen atoms in total. The Morgan fingerprint density at radius 1 is 1.00 bits per heavy atom. The van der Waals surface area contributed by atoms with Crippen LogP contribution in [0.25, 0.3) is 0 Å². The van der Waals surface area contributed by atoms with Gasteiger partial charge in [0.1, 0.15) is 5.75 Å². The highest BCUT2D eigenvalue weighted by molar-refractivity contribution is 5.46.